The Hall–Kier alpha value is -1.46. The fourth-order valence-corrected chi connectivity index (χ4v) is 1.92. The summed E-state index contributed by atoms with van der Waals surface area (Å²) in [5.41, 5.74) is 6.46. The van der Waals surface area contributed by atoms with Crippen molar-refractivity contribution in [3.8, 4) is 5.75 Å². The van der Waals surface area contributed by atoms with E-state index in [-0.39, 0.29) is 5.91 Å². The van der Waals surface area contributed by atoms with Gasteiger partial charge in [-0.15, -0.1) is 0 Å². The molecule has 1 rings (SSSR count). The van der Waals surface area contributed by atoms with Crippen molar-refractivity contribution in [1.29, 1.82) is 0 Å². The number of halogens is 1. The normalized spacial score (nSPS) is 10.3. The molecule has 0 bridgehead atoms. The summed E-state index contributed by atoms with van der Waals surface area (Å²) in [4.78, 5) is 12.1. The molecule has 0 spiro atoms. The van der Waals surface area contributed by atoms with Crippen LogP contribution >= 0.6 is 11.6 Å². The van der Waals surface area contributed by atoms with Gasteiger partial charge in [0.15, 0.2) is 0 Å². The molecular weight excluding hydrogens is 280 g/mol. The Morgan fingerprint density at radius 3 is 2.70 bits per heavy atom. The zero-order valence-electron chi connectivity index (χ0n) is 11.9. The zero-order valence-corrected chi connectivity index (χ0v) is 12.6. The third-order valence-corrected chi connectivity index (χ3v) is 3.20. The molecule has 3 N–H and O–H groups in total. The monoisotopic (exact) mass is 300 g/mol. The first-order valence-corrected chi connectivity index (χ1v) is 6.88. The third-order valence-electron chi connectivity index (χ3n) is 2.87. The van der Waals surface area contributed by atoms with Gasteiger partial charge in [-0.05, 0) is 25.3 Å². The number of hydrogen-bond donors (Lipinski definition) is 2. The maximum Gasteiger partial charge on any atom is 0.255 e. The van der Waals surface area contributed by atoms with Crippen LogP contribution in [0.25, 0.3) is 0 Å². The lowest BCUT2D eigenvalue weighted by atomic mass is 10.1. The van der Waals surface area contributed by atoms with Gasteiger partial charge in [-0.2, -0.15) is 0 Å². The van der Waals surface area contributed by atoms with Crippen LogP contribution in [-0.4, -0.2) is 33.3 Å². The van der Waals surface area contributed by atoms with E-state index in [1.54, 1.807) is 13.2 Å². The predicted molar refractivity (Wildman–Crippen MR) is 80.5 cm³/mol. The molecule has 0 aromatic heterocycles. The van der Waals surface area contributed by atoms with Crippen molar-refractivity contribution < 1.29 is 14.3 Å². The highest BCUT2D eigenvalue weighted by molar-refractivity contribution is 6.33. The van der Waals surface area contributed by atoms with E-state index >= 15 is 0 Å². The maximum absolute atomic E-state index is 12.1. The first-order valence-electron chi connectivity index (χ1n) is 6.50. The molecule has 0 aliphatic heterocycles. The standard InChI is InChI=1S/C14H21ClN2O3/c1-19-7-5-3-4-6-17-14(18)10-8-11(15)12(16)9-13(10)20-2/h8-9H,3-7,16H2,1-2H3,(H,17,18). The molecule has 1 aromatic carbocycles. The van der Waals surface area contributed by atoms with Gasteiger partial charge in [-0.1, -0.05) is 11.6 Å². The summed E-state index contributed by atoms with van der Waals surface area (Å²) in [5, 5.41) is 3.18. The average Bonchev–Trinajstić information content (AvgIpc) is 2.44. The molecule has 1 aromatic rings. The summed E-state index contributed by atoms with van der Waals surface area (Å²) in [6.07, 6.45) is 2.90. The van der Waals surface area contributed by atoms with Gasteiger partial charge in [0.25, 0.3) is 5.91 Å². The van der Waals surface area contributed by atoms with Gasteiger partial charge in [0.1, 0.15) is 5.75 Å². The molecule has 112 valence electrons. The van der Waals surface area contributed by atoms with E-state index in [0.717, 1.165) is 25.9 Å². The topological polar surface area (TPSA) is 73.6 Å². The van der Waals surface area contributed by atoms with Crippen molar-refractivity contribution in [2.24, 2.45) is 0 Å². The van der Waals surface area contributed by atoms with E-state index in [1.807, 2.05) is 0 Å². The predicted octanol–water partition coefficient (Wildman–Crippen LogP) is 2.48. The number of benzene rings is 1. The minimum atomic E-state index is -0.213. The molecule has 0 atom stereocenters. The number of carbonyl (C=O) groups is 1. The lowest BCUT2D eigenvalue weighted by molar-refractivity contribution is 0.0949. The number of amides is 1. The summed E-state index contributed by atoms with van der Waals surface area (Å²) < 4.78 is 10.1. The fourth-order valence-electron chi connectivity index (χ4n) is 1.76. The zero-order chi connectivity index (χ0) is 15.0. The van der Waals surface area contributed by atoms with Gasteiger partial charge in [0.05, 0.1) is 23.4 Å². The highest BCUT2D eigenvalue weighted by Crippen LogP contribution is 2.28. The molecule has 6 heteroatoms. The Morgan fingerprint density at radius 2 is 2.05 bits per heavy atom. The van der Waals surface area contributed by atoms with Crippen molar-refractivity contribution in [1.82, 2.24) is 5.32 Å². The number of nitrogens with one attached hydrogen (secondary N) is 1. The van der Waals surface area contributed by atoms with Crippen molar-refractivity contribution in [2.75, 3.05) is 33.1 Å². The second kappa shape index (κ2) is 8.66. The van der Waals surface area contributed by atoms with Crippen LogP contribution in [-0.2, 0) is 4.74 Å². The Labute approximate surface area is 124 Å². The van der Waals surface area contributed by atoms with Gasteiger partial charge in [0.2, 0.25) is 0 Å². The summed E-state index contributed by atoms with van der Waals surface area (Å²) in [5.74, 6) is 0.208. The van der Waals surface area contributed by atoms with Crippen molar-refractivity contribution in [3.05, 3.63) is 22.7 Å². The molecule has 20 heavy (non-hydrogen) atoms. The Morgan fingerprint density at radius 1 is 1.30 bits per heavy atom. The minimum Gasteiger partial charge on any atom is -0.496 e. The number of ether oxygens (including phenoxy) is 2. The van der Waals surface area contributed by atoms with Gasteiger partial charge < -0.3 is 20.5 Å². The summed E-state index contributed by atoms with van der Waals surface area (Å²) in [6.45, 7) is 1.35. The van der Waals surface area contributed by atoms with Crippen LogP contribution in [0.1, 0.15) is 29.6 Å². The number of nitrogen functional groups attached to an aromatic ring is 1. The van der Waals surface area contributed by atoms with Gasteiger partial charge in [-0.25, -0.2) is 0 Å². The van der Waals surface area contributed by atoms with E-state index in [2.05, 4.69) is 5.32 Å². The average molecular weight is 301 g/mol. The van der Waals surface area contributed by atoms with E-state index in [9.17, 15) is 4.79 Å². The first kappa shape index (κ1) is 16.6. The van der Waals surface area contributed by atoms with Crippen LogP contribution in [0.4, 0.5) is 5.69 Å². The van der Waals surface area contributed by atoms with Crippen LogP contribution < -0.4 is 15.8 Å². The lowest BCUT2D eigenvalue weighted by Gasteiger charge is -2.11. The number of rotatable bonds is 8. The van der Waals surface area contributed by atoms with Crippen LogP contribution in [0, 0.1) is 0 Å². The van der Waals surface area contributed by atoms with Gasteiger partial charge >= 0.3 is 0 Å². The Kier molecular flexibility index (Phi) is 7.18. The van der Waals surface area contributed by atoms with Crippen molar-refractivity contribution in [2.45, 2.75) is 19.3 Å². The van der Waals surface area contributed by atoms with Crippen molar-refractivity contribution in [3.63, 3.8) is 0 Å². The second-order valence-electron chi connectivity index (χ2n) is 4.38. The molecule has 0 heterocycles. The molecule has 0 saturated heterocycles. The first-order chi connectivity index (χ1) is 9.60. The molecule has 0 aliphatic rings. The fraction of sp³-hybridized carbons (Fsp3) is 0.500. The smallest absolute Gasteiger partial charge is 0.255 e. The highest BCUT2D eigenvalue weighted by atomic mass is 35.5. The number of anilines is 1. The van der Waals surface area contributed by atoms with Crippen molar-refractivity contribution >= 4 is 23.2 Å². The number of unbranched alkanes of at least 4 members (excludes halogenated alkanes) is 2. The van der Waals surface area contributed by atoms with Gasteiger partial charge in [-0.3, -0.25) is 4.79 Å². The van der Waals surface area contributed by atoms with Crippen LogP contribution in [0.2, 0.25) is 5.02 Å². The summed E-state index contributed by atoms with van der Waals surface area (Å²) in [7, 11) is 3.17. The SMILES string of the molecule is COCCCCCNC(=O)c1cc(Cl)c(N)cc1OC. The molecule has 1 amide bonds. The molecular formula is C14H21ClN2O3. The minimum absolute atomic E-state index is 0.213. The second-order valence-corrected chi connectivity index (χ2v) is 4.79. The summed E-state index contributed by atoms with van der Waals surface area (Å²) in [6, 6.07) is 3.08. The molecule has 0 aliphatic carbocycles. The largest absolute Gasteiger partial charge is 0.496 e. The number of carbonyl (C=O) groups excluding carboxylic acids is 1. The van der Waals surface area contributed by atoms with Gasteiger partial charge in [0, 0.05) is 26.3 Å². The molecule has 0 unspecified atom stereocenters. The number of nitrogens with two attached hydrogens (primary N) is 1. The van der Waals surface area contributed by atoms with Crippen LogP contribution in [0.3, 0.4) is 0 Å². The quantitative estimate of drug-likeness (QED) is 0.571. The van der Waals surface area contributed by atoms with Crippen LogP contribution in [0.5, 0.6) is 5.75 Å². The molecule has 0 radical (unpaired) electrons. The van der Waals surface area contributed by atoms with E-state index in [4.69, 9.17) is 26.8 Å². The highest BCUT2D eigenvalue weighted by Gasteiger charge is 2.14. The maximum atomic E-state index is 12.1. The number of hydrogen-bond acceptors (Lipinski definition) is 4. The van der Waals surface area contributed by atoms with E-state index in [1.165, 1.54) is 13.2 Å². The Bertz CT molecular complexity index is 452. The lowest BCUT2D eigenvalue weighted by Crippen LogP contribution is -2.25. The molecule has 0 fully saturated rings. The summed E-state index contributed by atoms with van der Waals surface area (Å²) >= 11 is 5.93. The number of methoxy groups -OCH3 is 2. The molecule has 0 saturated carbocycles. The van der Waals surface area contributed by atoms with E-state index < -0.39 is 0 Å². The Balaban J connectivity index is 2.53. The van der Waals surface area contributed by atoms with Crippen LogP contribution in [0.15, 0.2) is 12.1 Å². The third kappa shape index (κ3) is 4.90. The van der Waals surface area contributed by atoms with E-state index in [0.29, 0.717) is 28.6 Å². The molecule has 5 nitrogen and oxygen atoms in total.